The predicted octanol–water partition coefficient (Wildman–Crippen LogP) is 2.14. The van der Waals surface area contributed by atoms with Crippen LogP contribution in [0.3, 0.4) is 0 Å². The zero-order valence-electron chi connectivity index (χ0n) is 10.4. The van der Waals surface area contributed by atoms with Crippen LogP contribution in [0.5, 0.6) is 0 Å². The van der Waals surface area contributed by atoms with E-state index in [-0.39, 0.29) is 17.9 Å². The van der Waals surface area contributed by atoms with Gasteiger partial charge in [0, 0.05) is 6.61 Å². The van der Waals surface area contributed by atoms with Crippen molar-refractivity contribution in [3.05, 3.63) is 0 Å². The van der Waals surface area contributed by atoms with Crippen molar-refractivity contribution in [1.82, 2.24) is 0 Å². The molecule has 3 heteroatoms. The first-order chi connectivity index (χ1) is 7.40. The summed E-state index contributed by atoms with van der Waals surface area (Å²) in [4.78, 5) is 11.7. The van der Waals surface area contributed by atoms with Crippen LogP contribution in [0.1, 0.15) is 40.0 Å². The first-order valence-corrected chi connectivity index (χ1v) is 6.25. The van der Waals surface area contributed by atoms with Gasteiger partial charge in [0.05, 0.1) is 5.41 Å². The summed E-state index contributed by atoms with van der Waals surface area (Å²) in [6, 6.07) is 0. The molecule has 0 aromatic carbocycles. The third kappa shape index (κ3) is 1.15. The summed E-state index contributed by atoms with van der Waals surface area (Å²) in [7, 11) is 0. The molecule has 0 heterocycles. The second-order valence-corrected chi connectivity index (χ2v) is 6.12. The molecule has 2 saturated carbocycles. The van der Waals surface area contributed by atoms with Gasteiger partial charge in [-0.1, -0.05) is 27.2 Å². The third-order valence-electron chi connectivity index (χ3n) is 5.38. The molecule has 4 atom stereocenters. The number of carbonyl (C=O) groups is 1. The van der Waals surface area contributed by atoms with Crippen LogP contribution >= 0.6 is 0 Å². The fourth-order valence-corrected chi connectivity index (χ4v) is 4.54. The SMILES string of the molecule is CC1CCC2C(C)(C)C2(C(=O)O)C1CCO. The van der Waals surface area contributed by atoms with Crippen molar-refractivity contribution in [2.24, 2.45) is 28.6 Å². The molecule has 0 amide bonds. The molecule has 2 N–H and O–H groups in total. The van der Waals surface area contributed by atoms with Crippen molar-refractivity contribution < 1.29 is 15.0 Å². The van der Waals surface area contributed by atoms with E-state index in [1.807, 2.05) is 0 Å². The number of aliphatic carboxylic acids is 1. The molecule has 0 bridgehead atoms. The molecule has 92 valence electrons. The Hall–Kier alpha value is -0.570. The molecule has 2 fully saturated rings. The van der Waals surface area contributed by atoms with Gasteiger partial charge in [-0.25, -0.2) is 0 Å². The minimum absolute atomic E-state index is 0.0938. The van der Waals surface area contributed by atoms with Crippen LogP contribution in [0.15, 0.2) is 0 Å². The van der Waals surface area contributed by atoms with Gasteiger partial charge >= 0.3 is 5.97 Å². The van der Waals surface area contributed by atoms with E-state index in [0.29, 0.717) is 18.3 Å². The number of hydrogen-bond acceptors (Lipinski definition) is 2. The number of aliphatic hydroxyl groups is 1. The molecule has 2 aliphatic carbocycles. The summed E-state index contributed by atoms with van der Waals surface area (Å²) in [5.41, 5.74) is -0.656. The predicted molar refractivity (Wildman–Crippen MR) is 60.9 cm³/mol. The number of hydrogen-bond donors (Lipinski definition) is 2. The third-order valence-corrected chi connectivity index (χ3v) is 5.38. The number of rotatable bonds is 3. The summed E-state index contributed by atoms with van der Waals surface area (Å²) in [6.45, 7) is 6.39. The molecule has 4 unspecified atom stereocenters. The largest absolute Gasteiger partial charge is 0.481 e. The van der Waals surface area contributed by atoms with Gasteiger partial charge in [-0.2, -0.15) is 0 Å². The van der Waals surface area contributed by atoms with E-state index in [2.05, 4.69) is 20.8 Å². The smallest absolute Gasteiger partial charge is 0.310 e. The van der Waals surface area contributed by atoms with Crippen molar-refractivity contribution in [3.63, 3.8) is 0 Å². The van der Waals surface area contributed by atoms with Gasteiger partial charge in [0.15, 0.2) is 0 Å². The maximum absolute atomic E-state index is 11.7. The van der Waals surface area contributed by atoms with Crippen LogP contribution in [0, 0.1) is 28.6 Å². The van der Waals surface area contributed by atoms with E-state index in [0.717, 1.165) is 12.8 Å². The Labute approximate surface area is 96.9 Å². The van der Waals surface area contributed by atoms with Gasteiger partial charge in [0.2, 0.25) is 0 Å². The van der Waals surface area contributed by atoms with Gasteiger partial charge in [0.25, 0.3) is 0 Å². The fraction of sp³-hybridized carbons (Fsp3) is 0.923. The Morgan fingerprint density at radius 2 is 2.00 bits per heavy atom. The summed E-state index contributed by atoms with van der Waals surface area (Å²) < 4.78 is 0. The van der Waals surface area contributed by atoms with Crippen molar-refractivity contribution in [2.75, 3.05) is 6.61 Å². The molecule has 0 radical (unpaired) electrons. The second-order valence-electron chi connectivity index (χ2n) is 6.12. The zero-order chi connectivity index (χ0) is 12.1. The molecule has 3 nitrogen and oxygen atoms in total. The van der Waals surface area contributed by atoms with E-state index >= 15 is 0 Å². The van der Waals surface area contributed by atoms with Gasteiger partial charge in [-0.05, 0) is 36.0 Å². The topological polar surface area (TPSA) is 57.5 Å². The van der Waals surface area contributed by atoms with Crippen LogP contribution in [-0.2, 0) is 4.79 Å². The molecular weight excluding hydrogens is 204 g/mol. The molecular formula is C13H22O3. The van der Waals surface area contributed by atoms with Crippen molar-refractivity contribution >= 4 is 5.97 Å². The Balaban J connectivity index is 2.36. The summed E-state index contributed by atoms with van der Waals surface area (Å²) in [5.74, 6) is 0.225. The Morgan fingerprint density at radius 1 is 1.38 bits per heavy atom. The normalized spacial score (nSPS) is 44.9. The number of fused-ring (bicyclic) bond motifs is 1. The van der Waals surface area contributed by atoms with Gasteiger partial charge in [-0.15, -0.1) is 0 Å². The van der Waals surface area contributed by atoms with Crippen LogP contribution in [-0.4, -0.2) is 22.8 Å². The van der Waals surface area contributed by atoms with E-state index in [1.54, 1.807) is 0 Å². The lowest BCUT2D eigenvalue weighted by molar-refractivity contribution is -0.150. The lowest BCUT2D eigenvalue weighted by atomic mass is 9.69. The molecule has 0 aromatic rings. The van der Waals surface area contributed by atoms with Crippen LogP contribution in [0.25, 0.3) is 0 Å². The molecule has 16 heavy (non-hydrogen) atoms. The zero-order valence-corrected chi connectivity index (χ0v) is 10.4. The number of carboxylic acids is 1. The van der Waals surface area contributed by atoms with Crippen molar-refractivity contribution in [1.29, 1.82) is 0 Å². The fourth-order valence-electron chi connectivity index (χ4n) is 4.54. The Bertz CT molecular complexity index is 310. The highest BCUT2D eigenvalue weighted by atomic mass is 16.4. The molecule has 0 aromatic heterocycles. The lowest BCUT2D eigenvalue weighted by Gasteiger charge is -2.35. The summed E-state index contributed by atoms with van der Waals surface area (Å²) >= 11 is 0. The minimum Gasteiger partial charge on any atom is -0.481 e. The van der Waals surface area contributed by atoms with E-state index in [4.69, 9.17) is 5.11 Å². The highest BCUT2D eigenvalue weighted by Crippen LogP contribution is 2.78. The van der Waals surface area contributed by atoms with E-state index in [9.17, 15) is 9.90 Å². The Morgan fingerprint density at radius 3 is 2.50 bits per heavy atom. The van der Waals surface area contributed by atoms with Crippen molar-refractivity contribution in [2.45, 2.75) is 40.0 Å². The highest BCUT2D eigenvalue weighted by Gasteiger charge is 2.79. The molecule has 0 aliphatic heterocycles. The standard InChI is InChI=1S/C13H22O3/c1-8-4-5-10-12(2,3)13(10,11(15)16)9(8)6-7-14/h8-10,14H,4-7H2,1-3H3,(H,15,16). The molecule has 2 rings (SSSR count). The van der Waals surface area contributed by atoms with Crippen LogP contribution in [0.4, 0.5) is 0 Å². The van der Waals surface area contributed by atoms with Gasteiger partial charge in [-0.3, -0.25) is 4.79 Å². The average molecular weight is 226 g/mol. The van der Waals surface area contributed by atoms with Gasteiger partial charge in [0.1, 0.15) is 0 Å². The maximum atomic E-state index is 11.7. The minimum atomic E-state index is -0.646. The summed E-state index contributed by atoms with van der Waals surface area (Å²) in [6.07, 6.45) is 2.77. The first kappa shape index (κ1) is 11.9. The maximum Gasteiger partial charge on any atom is 0.310 e. The van der Waals surface area contributed by atoms with E-state index < -0.39 is 11.4 Å². The van der Waals surface area contributed by atoms with E-state index in [1.165, 1.54) is 0 Å². The molecule has 0 spiro atoms. The Kier molecular flexibility index (Phi) is 2.57. The van der Waals surface area contributed by atoms with Crippen LogP contribution in [0.2, 0.25) is 0 Å². The lowest BCUT2D eigenvalue weighted by Crippen LogP contribution is -2.37. The number of aliphatic hydroxyl groups excluding tert-OH is 1. The quantitative estimate of drug-likeness (QED) is 0.775. The van der Waals surface area contributed by atoms with Crippen molar-refractivity contribution in [3.8, 4) is 0 Å². The highest BCUT2D eigenvalue weighted by molar-refractivity contribution is 5.81. The second kappa shape index (κ2) is 3.46. The average Bonchev–Trinajstić information content (AvgIpc) is 2.70. The molecule has 0 saturated heterocycles. The number of carboxylic acid groups (broad SMARTS) is 1. The monoisotopic (exact) mass is 226 g/mol. The van der Waals surface area contributed by atoms with Gasteiger partial charge < -0.3 is 10.2 Å². The first-order valence-electron chi connectivity index (χ1n) is 6.25. The summed E-state index contributed by atoms with van der Waals surface area (Å²) in [5, 5.41) is 18.8. The molecule has 2 aliphatic rings. The van der Waals surface area contributed by atoms with Crippen LogP contribution < -0.4 is 0 Å².